The molecule has 0 bridgehead atoms. The van der Waals surface area contributed by atoms with E-state index in [1.807, 2.05) is 24.9 Å². The highest BCUT2D eigenvalue weighted by molar-refractivity contribution is 5.01. The van der Waals surface area contributed by atoms with Gasteiger partial charge in [-0.15, -0.1) is 0 Å². The zero-order valence-electron chi connectivity index (χ0n) is 13.3. The minimum atomic E-state index is 0.0888. The first-order valence-electron chi connectivity index (χ1n) is 7.82. The summed E-state index contributed by atoms with van der Waals surface area (Å²) in [4.78, 5) is 23.0. The Hall–Kier alpha value is -1.95. The Morgan fingerprint density at radius 3 is 2.73 bits per heavy atom. The predicted molar refractivity (Wildman–Crippen MR) is 84.4 cm³/mol. The van der Waals surface area contributed by atoms with Gasteiger partial charge in [-0.25, -0.2) is 9.97 Å². The molecule has 0 aromatic carbocycles. The Kier molecular flexibility index (Phi) is 4.38. The monoisotopic (exact) mass is 301 g/mol. The van der Waals surface area contributed by atoms with Crippen LogP contribution in [0.2, 0.25) is 0 Å². The van der Waals surface area contributed by atoms with E-state index in [1.165, 1.54) is 0 Å². The van der Waals surface area contributed by atoms with Crippen LogP contribution in [0.4, 0.5) is 0 Å². The number of piperidine rings is 1. The van der Waals surface area contributed by atoms with Crippen LogP contribution < -0.4 is 5.56 Å². The lowest BCUT2D eigenvalue weighted by Gasteiger charge is -2.31. The second-order valence-electron chi connectivity index (χ2n) is 6.28. The number of likely N-dealkylation sites (tertiary alicyclic amines) is 1. The van der Waals surface area contributed by atoms with Crippen LogP contribution in [0.3, 0.4) is 0 Å². The first kappa shape index (κ1) is 15.0. The van der Waals surface area contributed by atoms with Gasteiger partial charge in [0, 0.05) is 38.1 Å². The van der Waals surface area contributed by atoms with Gasteiger partial charge in [-0.05, 0) is 38.8 Å². The molecule has 0 N–H and O–H groups in total. The molecule has 3 heterocycles. The fraction of sp³-hybridized carbons (Fsp3) is 0.562. The lowest BCUT2D eigenvalue weighted by atomic mass is 9.96. The Labute approximate surface area is 130 Å². The molecule has 2 aromatic heterocycles. The standard InChI is InChI=1S/C16H23N5O/c1-13-7-17-11-21(16(13)22)8-14-3-5-20(6-4-14)10-15-9-19(2)12-18-15/h7,9,11-12,14H,3-6,8,10H2,1-2H3. The normalized spacial score (nSPS) is 17.0. The van der Waals surface area contributed by atoms with Crippen molar-refractivity contribution in [2.75, 3.05) is 13.1 Å². The number of imidazole rings is 1. The quantitative estimate of drug-likeness (QED) is 0.851. The van der Waals surface area contributed by atoms with Gasteiger partial charge in [0.15, 0.2) is 0 Å². The molecule has 1 aliphatic rings. The second kappa shape index (κ2) is 6.44. The molecule has 2 aromatic rings. The molecule has 1 saturated heterocycles. The average molecular weight is 301 g/mol. The van der Waals surface area contributed by atoms with E-state index in [0.717, 1.165) is 50.3 Å². The molecule has 0 radical (unpaired) electrons. The highest BCUT2D eigenvalue weighted by Crippen LogP contribution is 2.19. The highest BCUT2D eigenvalue weighted by Gasteiger charge is 2.20. The second-order valence-corrected chi connectivity index (χ2v) is 6.28. The van der Waals surface area contributed by atoms with Gasteiger partial charge in [0.1, 0.15) is 0 Å². The van der Waals surface area contributed by atoms with Gasteiger partial charge in [-0.2, -0.15) is 0 Å². The lowest BCUT2D eigenvalue weighted by molar-refractivity contribution is 0.165. The summed E-state index contributed by atoms with van der Waals surface area (Å²) < 4.78 is 3.74. The molecule has 6 nitrogen and oxygen atoms in total. The average Bonchev–Trinajstić information content (AvgIpc) is 2.91. The Morgan fingerprint density at radius 2 is 2.05 bits per heavy atom. The predicted octanol–water partition coefficient (Wildman–Crippen LogP) is 1.20. The van der Waals surface area contributed by atoms with Crippen molar-refractivity contribution in [3.63, 3.8) is 0 Å². The molecule has 0 unspecified atom stereocenters. The smallest absolute Gasteiger partial charge is 0.256 e. The molecule has 0 atom stereocenters. The van der Waals surface area contributed by atoms with Crippen molar-refractivity contribution in [2.45, 2.75) is 32.9 Å². The topological polar surface area (TPSA) is 56.0 Å². The van der Waals surface area contributed by atoms with E-state index >= 15 is 0 Å². The summed E-state index contributed by atoms with van der Waals surface area (Å²) in [6, 6.07) is 0. The van der Waals surface area contributed by atoms with Gasteiger partial charge in [0.25, 0.3) is 5.56 Å². The number of rotatable bonds is 4. The Morgan fingerprint density at radius 1 is 1.27 bits per heavy atom. The summed E-state index contributed by atoms with van der Waals surface area (Å²) >= 11 is 0. The van der Waals surface area contributed by atoms with Gasteiger partial charge in [-0.3, -0.25) is 14.3 Å². The van der Waals surface area contributed by atoms with Crippen molar-refractivity contribution < 1.29 is 0 Å². The summed E-state index contributed by atoms with van der Waals surface area (Å²) in [7, 11) is 2.00. The number of aromatic nitrogens is 4. The van der Waals surface area contributed by atoms with Gasteiger partial charge >= 0.3 is 0 Å². The van der Waals surface area contributed by atoms with Crippen molar-refractivity contribution in [2.24, 2.45) is 13.0 Å². The fourth-order valence-electron chi connectivity index (χ4n) is 3.07. The van der Waals surface area contributed by atoms with Crippen LogP contribution in [0.15, 0.2) is 29.8 Å². The molecular formula is C16H23N5O. The first-order chi connectivity index (χ1) is 10.6. The zero-order chi connectivity index (χ0) is 15.5. The minimum absolute atomic E-state index is 0.0888. The molecule has 22 heavy (non-hydrogen) atoms. The van der Waals surface area contributed by atoms with Crippen molar-refractivity contribution in [1.29, 1.82) is 0 Å². The van der Waals surface area contributed by atoms with Crippen LogP contribution in [0.5, 0.6) is 0 Å². The summed E-state index contributed by atoms with van der Waals surface area (Å²) in [5, 5.41) is 0. The molecule has 1 aliphatic heterocycles. The van der Waals surface area contributed by atoms with Crippen LogP contribution in [0.1, 0.15) is 24.1 Å². The minimum Gasteiger partial charge on any atom is -0.340 e. The Balaban J connectivity index is 1.53. The van der Waals surface area contributed by atoms with E-state index in [9.17, 15) is 4.79 Å². The molecule has 0 saturated carbocycles. The maximum absolute atomic E-state index is 12.1. The lowest BCUT2D eigenvalue weighted by Crippen LogP contribution is -2.36. The van der Waals surface area contributed by atoms with E-state index in [4.69, 9.17) is 0 Å². The van der Waals surface area contributed by atoms with Gasteiger partial charge in [0.05, 0.1) is 18.3 Å². The third kappa shape index (κ3) is 3.44. The SMILES string of the molecule is Cc1cncn(CC2CCN(Cc3cn(C)cn3)CC2)c1=O. The van der Waals surface area contributed by atoms with Crippen LogP contribution in [0.25, 0.3) is 0 Å². The van der Waals surface area contributed by atoms with Crippen molar-refractivity contribution in [3.8, 4) is 0 Å². The van der Waals surface area contributed by atoms with E-state index < -0.39 is 0 Å². The molecule has 0 spiro atoms. The van der Waals surface area contributed by atoms with Crippen molar-refractivity contribution >= 4 is 0 Å². The zero-order valence-corrected chi connectivity index (χ0v) is 13.3. The first-order valence-corrected chi connectivity index (χ1v) is 7.82. The van der Waals surface area contributed by atoms with Crippen molar-refractivity contribution in [1.82, 2.24) is 24.0 Å². The van der Waals surface area contributed by atoms with E-state index in [1.54, 1.807) is 17.1 Å². The molecule has 0 aliphatic carbocycles. The number of nitrogens with zero attached hydrogens (tertiary/aromatic N) is 5. The number of hydrogen-bond donors (Lipinski definition) is 0. The maximum Gasteiger partial charge on any atom is 0.256 e. The van der Waals surface area contributed by atoms with Crippen LogP contribution in [-0.4, -0.2) is 37.1 Å². The van der Waals surface area contributed by atoms with E-state index in [0.29, 0.717) is 5.92 Å². The van der Waals surface area contributed by atoms with E-state index in [-0.39, 0.29) is 5.56 Å². The van der Waals surface area contributed by atoms with Gasteiger partial charge < -0.3 is 4.57 Å². The van der Waals surface area contributed by atoms with Crippen molar-refractivity contribution in [3.05, 3.63) is 46.7 Å². The summed E-state index contributed by atoms with van der Waals surface area (Å²) in [5.74, 6) is 0.557. The number of aryl methyl sites for hydroxylation is 2. The van der Waals surface area contributed by atoms with Crippen LogP contribution in [0, 0.1) is 12.8 Å². The Bertz CT molecular complexity index is 682. The number of hydrogen-bond acceptors (Lipinski definition) is 4. The molecule has 118 valence electrons. The summed E-state index contributed by atoms with van der Waals surface area (Å²) in [6.07, 6.45) is 9.45. The van der Waals surface area contributed by atoms with Crippen LogP contribution >= 0.6 is 0 Å². The fourth-order valence-corrected chi connectivity index (χ4v) is 3.07. The molecule has 0 amide bonds. The maximum atomic E-state index is 12.1. The van der Waals surface area contributed by atoms with Gasteiger partial charge in [0.2, 0.25) is 0 Å². The summed E-state index contributed by atoms with van der Waals surface area (Å²) in [6.45, 7) is 5.65. The molecular weight excluding hydrogens is 278 g/mol. The van der Waals surface area contributed by atoms with Gasteiger partial charge in [-0.1, -0.05) is 0 Å². The molecule has 1 fully saturated rings. The largest absolute Gasteiger partial charge is 0.340 e. The third-order valence-corrected chi connectivity index (χ3v) is 4.38. The molecule has 3 rings (SSSR count). The summed E-state index contributed by atoms with van der Waals surface area (Å²) in [5.41, 5.74) is 1.93. The van der Waals surface area contributed by atoms with E-state index in [2.05, 4.69) is 21.1 Å². The highest BCUT2D eigenvalue weighted by atomic mass is 16.1. The molecule has 6 heteroatoms. The van der Waals surface area contributed by atoms with Crippen LogP contribution in [-0.2, 0) is 20.1 Å². The third-order valence-electron chi connectivity index (χ3n) is 4.38.